The van der Waals surface area contributed by atoms with Crippen LogP contribution < -0.4 is 9.47 Å². The lowest BCUT2D eigenvalue weighted by molar-refractivity contribution is -0.138. The number of unbranched alkanes of at least 4 members (excludes halogenated alkanes) is 6. The van der Waals surface area contributed by atoms with Crippen molar-refractivity contribution in [3.63, 3.8) is 0 Å². The molecule has 8 nitrogen and oxygen atoms in total. The van der Waals surface area contributed by atoms with E-state index in [1.165, 1.54) is 12.2 Å². The maximum Gasteiger partial charge on any atom is 0.330 e. The minimum Gasteiger partial charge on any atom is -0.490 e. The van der Waals surface area contributed by atoms with Crippen molar-refractivity contribution in [3.05, 3.63) is 73.8 Å². The molecule has 0 saturated carbocycles. The standard InChI is InChI=1S/C30H38N2O6/c1-3-28(33)36-22-13-6-5-12-21-35-27-20-16-19-26(32-31-25-17-10-9-11-18-25)30(27)38-24-15-8-7-14-23-37-29(34)4-2/h3-4,9-11,16-20H,1-2,5-8,12-15,21-24H2. The summed E-state index contributed by atoms with van der Waals surface area (Å²) < 4.78 is 22.2. The summed E-state index contributed by atoms with van der Waals surface area (Å²) in [5.41, 5.74) is 1.35. The molecule has 8 heteroatoms. The maximum absolute atomic E-state index is 11.1. The molecule has 2 rings (SSSR count). The number of esters is 2. The third-order valence-corrected chi connectivity index (χ3v) is 5.39. The van der Waals surface area contributed by atoms with Gasteiger partial charge in [0.15, 0.2) is 11.5 Å². The predicted octanol–water partition coefficient (Wildman–Crippen LogP) is 7.44. The zero-order valence-corrected chi connectivity index (χ0v) is 22.0. The Morgan fingerprint density at radius 2 is 1.18 bits per heavy atom. The summed E-state index contributed by atoms with van der Waals surface area (Å²) in [5.74, 6) is 0.421. The fraction of sp³-hybridized carbons (Fsp3) is 0.400. The molecule has 0 saturated heterocycles. The first-order valence-corrected chi connectivity index (χ1v) is 13.1. The van der Waals surface area contributed by atoms with Crippen LogP contribution in [-0.4, -0.2) is 38.4 Å². The van der Waals surface area contributed by atoms with E-state index in [-0.39, 0.29) is 5.97 Å². The predicted molar refractivity (Wildman–Crippen MR) is 147 cm³/mol. The van der Waals surface area contributed by atoms with E-state index in [1.807, 2.05) is 48.5 Å². The topological polar surface area (TPSA) is 95.8 Å². The molecular weight excluding hydrogens is 484 g/mol. The number of hydrogen-bond donors (Lipinski definition) is 0. The third-order valence-electron chi connectivity index (χ3n) is 5.39. The molecule has 0 aliphatic carbocycles. The Morgan fingerprint density at radius 3 is 1.76 bits per heavy atom. The summed E-state index contributed by atoms with van der Waals surface area (Å²) in [6.07, 6.45) is 9.42. The number of rotatable bonds is 20. The van der Waals surface area contributed by atoms with Crippen LogP contribution in [0.1, 0.15) is 51.4 Å². The van der Waals surface area contributed by atoms with Gasteiger partial charge in [-0.05, 0) is 75.6 Å². The van der Waals surface area contributed by atoms with Crippen molar-refractivity contribution >= 4 is 23.3 Å². The number of hydrogen-bond acceptors (Lipinski definition) is 8. The van der Waals surface area contributed by atoms with Gasteiger partial charge >= 0.3 is 11.9 Å². The first kappa shape index (κ1) is 30.3. The van der Waals surface area contributed by atoms with Gasteiger partial charge in [0.1, 0.15) is 5.69 Å². The molecule has 0 N–H and O–H groups in total. The summed E-state index contributed by atoms with van der Waals surface area (Å²) in [7, 11) is 0. The first-order chi connectivity index (χ1) is 18.6. The van der Waals surface area contributed by atoms with Crippen molar-refractivity contribution in [2.75, 3.05) is 26.4 Å². The summed E-state index contributed by atoms with van der Waals surface area (Å²) >= 11 is 0. The van der Waals surface area contributed by atoms with Gasteiger partial charge in [0.05, 0.1) is 32.1 Å². The SMILES string of the molecule is C=CC(=O)OCCCCCCOc1cccc(N=Nc2ccccc2)c1OCCCCCCOC(=O)C=C. The molecule has 0 unspecified atom stereocenters. The normalized spacial score (nSPS) is 10.6. The molecule has 0 bridgehead atoms. The number of para-hydroxylation sites is 1. The Balaban J connectivity index is 1.86. The molecule has 0 radical (unpaired) electrons. The third kappa shape index (κ3) is 12.9. The van der Waals surface area contributed by atoms with E-state index in [0.29, 0.717) is 43.6 Å². The van der Waals surface area contributed by atoms with Gasteiger partial charge in [-0.25, -0.2) is 9.59 Å². The molecule has 0 aliphatic heterocycles. The molecule has 0 aliphatic rings. The highest BCUT2D eigenvalue weighted by molar-refractivity contribution is 5.81. The molecule has 0 aromatic heterocycles. The quantitative estimate of drug-likeness (QED) is 0.0776. The van der Waals surface area contributed by atoms with Crippen molar-refractivity contribution in [1.82, 2.24) is 0 Å². The zero-order chi connectivity index (χ0) is 27.3. The monoisotopic (exact) mass is 522 g/mol. The van der Waals surface area contributed by atoms with E-state index >= 15 is 0 Å². The molecular formula is C30H38N2O6. The summed E-state index contributed by atoms with van der Waals surface area (Å²) in [5, 5.41) is 8.75. The molecule has 0 heterocycles. The summed E-state index contributed by atoms with van der Waals surface area (Å²) in [6.45, 7) is 8.60. The van der Waals surface area contributed by atoms with Gasteiger partial charge in [-0.2, -0.15) is 5.11 Å². The largest absolute Gasteiger partial charge is 0.490 e. The van der Waals surface area contributed by atoms with Gasteiger partial charge in [-0.1, -0.05) is 37.4 Å². The van der Waals surface area contributed by atoms with Gasteiger partial charge in [-0.15, -0.1) is 5.11 Å². The second-order valence-electron chi connectivity index (χ2n) is 8.41. The summed E-state index contributed by atoms with van der Waals surface area (Å²) in [4.78, 5) is 22.2. The lowest BCUT2D eigenvalue weighted by atomic mass is 10.2. The molecule has 0 atom stereocenters. The molecule has 2 aromatic rings. The number of ether oxygens (including phenoxy) is 4. The second-order valence-corrected chi connectivity index (χ2v) is 8.41. The zero-order valence-electron chi connectivity index (χ0n) is 22.0. The van der Waals surface area contributed by atoms with E-state index in [0.717, 1.165) is 57.1 Å². The Labute approximate surface area is 225 Å². The second kappa shape index (κ2) is 19.2. The van der Waals surface area contributed by atoms with E-state index in [4.69, 9.17) is 18.9 Å². The van der Waals surface area contributed by atoms with Crippen LogP contribution in [0.2, 0.25) is 0 Å². The van der Waals surface area contributed by atoms with Crippen LogP contribution in [0.4, 0.5) is 11.4 Å². The van der Waals surface area contributed by atoms with Crippen LogP contribution >= 0.6 is 0 Å². The number of carbonyl (C=O) groups is 2. The Hall–Kier alpha value is -3.94. The highest BCUT2D eigenvalue weighted by atomic mass is 16.5. The smallest absolute Gasteiger partial charge is 0.330 e. The van der Waals surface area contributed by atoms with Crippen LogP contribution in [0.5, 0.6) is 11.5 Å². The molecule has 0 amide bonds. The maximum atomic E-state index is 11.1. The van der Waals surface area contributed by atoms with Crippen molar-refractivity contribution in [1.29, 1.82) is 0 Å². The van der Waals surface area contributed by atoms with E-state index in [9.17, 15) is 9.59 Å². The van der Waals surface area contributed by atoms with Gasteiger partial charge in [0, 0.05) is 12.2 Å². The van der Waals surface area contributed by atoms with E-state index in [2.05, 4.69) is 23.4 Å². The van der Waals surface area contributed by atoms with Crippen LogP contribution in [0.25, 0.3) is 0 Å². The van der Waals surface area contributed by atoms with Crippen molar-refractivity contribution in [3.8, 4) is 11.5 Å². The average Bonchev–Trinajstić information content (AvgIpc) is 2.95. The Kier molecular flexibility index (Phi) is 15.3. The molecule has 0 spiro atoms. The minimum absolute atomic E-state index is 0.390. The van der Waals surface area contributed by atoms with Crippen LogP contribution in [0.15, 0.2) is 84.1 Å². The average molecular weight is 523 g/mol. The van der Waals surface area contributed by atoms with Crippen LogP contribution in [-0.2, 0) is 19.1 Å². The fourth-order valence-electron chi connectivity index (χ4n) is 3.38. The lowest BCUT2D eigenvalue weighted by Gasteiger charge is -2.14. The van der Waals surface area contributed by atoms with Gasteiger partial charge in [0.2, 0.25) is 0 Å². The number of benzene rings is 2. The first-order valence-electron chi connectivity index (χ1n) is 13.1. The Morgan fingerprint density at radius 1 is 0.632 bits per heavy atom. The number of azo groups is 1. The van der Waals surface area contributed by atoms with Crippen LogP contribution in [0, 0.1) is 0 Å². The fourth-order valence-corrected chi connectivity index (χ4v) is 3.38. The minimum atomic E-state index is -0.392. The van der Waals surface area contributed by atoms with E-state index < -0.39 is 5.97 Å². The van der Waals surface area contributed by atoms with Gasteiger partial charge in [-0.3, -0.25) is 0 Å². The number of nitrogens with zero attached hydrogens (tertiary/aromatic N) is 2. The van der Waals surface area contributed by atoms with Crippen molar-refractivity contribution in [2.24, 2.45) is 10.2 Å². The Bertz CT molecular complexity index is 1020. The molecule has 2 aromatic carbocycles. The highest BCUT2D eigenvalue weighted by Crippen LogP contribution is 2.38. The van der Waals surface area contributed by atoms with Gasteiger partial charge < -0.3 is 18.9 Å². The highest BCUT2D eigenvalue weighted by Gasteiger charge is 2.12. The van der Waals surface area contributed by atoms with Crippen molar-refractivity contribution in [2.45, 2.75) is 51.4 Å². The summed E-state index contributed by atoms with van der Waals surface area (Å²) in [6, 6.07) is 15.1. The molecule has 204 valence electrons. The number of carbonyl (C=O) groups excluding carboxylic acids is 2. The van der Waals surface area contributed by atoms with E-state index in [1.54, 1.807) is 0 Å². The molecule has 38 heavy (non-hydrogen) atoms. The molecule has 0 fully saturated rings. The lowest BCUT2D eigenvalue weighted by Crippen LogP contribution is -2.04. The van der Waals surface area contributed by atoms with Crippen LogP contribution in [0.3, 0.4) is 0 Å². The van der Waals surface area contributed by atoms with Crippen molar-refractivity contribution < 1.29 is 28.5 Å². The van der Waals surface area contributed by atoms with Gasteiger partial charge in [0.25, 0.3) is 0 Å².